The highest BCUT2D eigenvalue weighted by Crippen LogP contribution is 2.21. The van der Waals surface area contributed by atoms with Gasteiger partial charge in [0.05, 0.1) is 0 Å². The van der Waals surface area contributed by atoms with Crippen molar-refractivity contribution in [1.82, 2.24) is 0 Å². The number of nitrogens with one attached hydrogen (secondary N) is 1. The number of Topliss-reactive ketones (excluding diaryl/α,β-unsaturated/α-hetero) is 1. The molecule has 6 nitrogen and oxygen atoms in total. The maximum absolute atomic E-state index is 12.9. The number of esters is 1. The Morgan fingerprint density at radius 2 is 1.53 bits per heavy atom. The summed E-state index contributed by atoms with van der Waals surface area (Å²) < 4.78 is 10.8. The third-order valence-corrected chi connectivity index (χ3v) is 4.23. The Morgan fingerprint density at radius 3 is 2.20 bits per heavy atom. The SMILES string of the molecule is CC(=O)c1cccc(NC(=O)[C@@H](OC(=O)COc2ccccc2)c2ccccc2)c1. The van der Waals surface area contributed by atoms with Crippen molar-refractivity contribution < 1.29 is 23.9 Å². The molecule has 3 aromatic carbocycles. The molecule has 0 spiro atoms. The highest BCUT2D eigenvalue weighted by molar-refractivity contribution is 5.99. The van der Waals surface area contributed by atoms with Crippen molar-refractivity contribution in [2.24, 2.45) is 0 Å². The summed E-state index contributed by atoms with van der Waals surface area (Å²) in [6.45, 7) is 1.11. The van der Waals surface area contributed by atoms with Gasteiger partial charge < -0.3 is 14.8 Å². The normalized spacial score (nSPS) is 11.2. The van der Waals surface area contributed by atoms with Crippen LogP contribution >= 0.6 is 0 Å². The van der Waals surface area contributed by atoms with E-state index in [0.717, 1.165) is 0 Å². The summed E-state index contributed by atoms with van der Waals surface area (Å²) in [4.78, 5) is 36.8. The van der Waals surface area contributed by atoms with Gasteiger partial charge in [-0.1, -0.05) is 60.7 Å². The number of hydrogen-bond donors (Lipinski definition) is 1. The van der Waals surface area contributed by atoms with E-state index in [9.17, 15) is 14.4 Å². The third kappa shape index (κ3) is 5.78. The second-order valence-corrected chi connectivity index (χ2v) is 6.51. The van der Waals surface area contributed by atoms with Crippen molar-refractivity contribution in [3.05, 3.63) is 96.1 Å². The molecule has 0 aliphatic rings. The second-order valence-electron chi connectivity index (χ2n) is 6.51. The molecular formula is C24H21NO5. The van der Waals surface area contributed by atoms with Crippen molar-refractivity contribution >= 4 is 23.3 Å². The van der Waals surface area contributed by atoms with E-state index in [0.29, 0.717) is 22.6 Å². The summed E-state index contributed by atoms with van der Waals surface area (Å²) >= 11 is 0. The summed E-state index contributed by atoms with van der Waals surface area (Å²) in [6, 6.07) is 24.1. The molecule has 0 bridgehead atoms. The molecule has 0 heterocycles. The van der Waals surface area contributed by atoms with Crippen molar-refractivity contribution in [3.63, 3.8) is 0 Å². The standard InChI is InChI=1S/C24H21NO5/c1-17(26)19-11-8-12-20(15-19)25-24(28)23(18-9-4-2-5-10-18)30-22(27)16-29-21-13-6-3-7-14-21/h2-15,23H,16H2,1H3,(H,25,28)/t23-/m0/s1. The first kappa shape index (κ1) is 20.8. The number of ether oxygens (including phenoxy) is 2. The van der Waals surface area contributed by atoms with Crippen LogP contribution in [0.2, 0.25) is 0 Å². The molecule has 0 fully saturated rings. The van der Waals surface area contributed by atoms with Crippen LogP contribution in [-0.2, 0) is 14.3 Å². The summed E-state index contributed by atoms with van der Waals surface area (Å²) in [7, 11) is 0. The number of carbonyl (C=O) groups excluding carboxylic acids is 3. The monoisotopic (exact) mass is 403 g/mol. The molecule has 0 saturated heterocycles. The fourth-order valence-electron chi connectivity index (χ4n) is 2.75. The van der Waals surface area contributed by atoms with Crippen molar-refractivity contribution in [3.8, 4) is 5.75 Å². The first-order chi connectivity index (χ1) is 14.5. The Kier molecular flexibility index (Phi) is 6.95. The molecule has 152 valence electrons. The van der Waals surface area contributed by atoms with E-state index < -0.39 is 18.0 Å². The number of benzene rings is 3. The zero-order valence-electron chi connectivity index (χ0n) is 16.4. The van der Waals surface area contributed by atoms with Crippen LogP contribution in [0.1, 0.15) is 28.9 Å². The number of para-hydroxylation sites is 1. The van der Waals surface area contributed by atoms with Gasteiger partial charge in [0.1, 0.15) is 5.75 Å². The largest absolute Gasteiger partial charge is 0.482 e. The Hall–Kier alpha value is -3.93. The lowest BCUT2D eigenvalue weighted by Gasteiger charge is -2.18. The number of amides is 1. The highest BCUT2D eigenvalue weighted by atomic mass is 16.6. The molecule has 1 amide bonds. The van der Waals surface area contributed by atoms with Gasteiger partial charge in [-0.2, -0.15) is 0 Å². The molecule has 0 aliphatic heterocycles. The summed E-state index contributed by atoms with van der Waals surface area (Å²) in [5.41, 5.74) is 1.42. The van der Waals surface area contributed by atoms with Gasteiger partial charge in [-0.05, 0) is 31.2 Å². The zero-order valence-corrected chi connectivity index (χ0v) is 16.4. The Balaban J connectivity index is 1.72. The van der Waals surface area contributed by atoms with Gasteiger partial charge in [-0.3, -0.25) is 9.59 Å². The van der Waals surface area contributed by atoms with Crippen molar-refractivity contribution in [2.45, 2.75) is 13.0 Å². The van der Waals surface area contributed by atoms with Crippen LogP contribution in [0.15, 0.2) is 84.9 Å². The van der Waals surface area contributed by atoms with E-state index in [-0.39, 0.29) is 12.4 Å². The number of carbonyl (C=O) groups is 3. The topological polar surface area (TPSA) is 81.7 Å². The molecule has 3 aromatic rings. The van der Waals surface area contributed by atoms with Crippen LogP contribution in [0.5, 0.6) is 5.75 Å². The van der Waals surface area contributed by atoms with E-state index >= 15 is 0 Å². The van der Waals surface area contributed by atoms with Crippen LogP contribution < -0.4 is 10.1 Å². The third-order valence-electron chi connectivity index (χ3n) is 4.23. The summed E-state index contributed by atoms with van der Waals surface area (Å²) in [5.74, 6) is -0.804. The highest BCUT2D eigenvalue weighted by Gasteiger charge is 2.25. The fraction of sp³-hybridized carbons (Fsp3) is 0.125. The molecular weight excluding hydrogens is 382 g/mol. The van der Waals surface area contributed by atoms with Crippen molar-refractivity contribution in [1.29, 1.82) is 0 Å². The number of anilines is 1. The van der Waals surface area contributed by atoms with Gasteiger partial charge in [0, 0.05) is 16.8 Å². The summed E-state index contributed by atoms with van der Waals surface area (Å²) in [6.07, 6.45) is -1.17. The molecule has 0 aromatic heterocycles. The van der Waals surface area contributed by atoms with Gasteiger partial charge in [0.2, 0.25) is 6.10 Å². The van der Waals surface area contributed by atoms with Gasteiger partial charge >= 0.3 is 5.97 Å². The quantitative estimate of drug-likeness (QED) is 0.450. The number of ketones is 1. The van der Waals surface area contributed by atoms with E-state index in [2.05, 4.69) is 5.32 Å². The van der Waals surface area contributed by atoms with Crippen LogP contribution in [0.4, 0.5) is 5.69 Å². The Bertz CT molecular complexity index is 1020. The van der Waals surface area contributed by atoms with Gasteiger partial charge in [-0.25, -0.2) is 4.79 Å². The Morgan fingerprint density at radius 1 is 0.867 bits per heavy atom. The lowest BCUT2D eigenvalue weighted by Crippen LogP contribution is -2.28. The lowest BCUT2D eigenvalue weighted by molar-refractivity contribution is -0.156. The van der Waals surface area contributed by atoms with Gasteiger partial charge in [0.15, 0.2) is 12.4 Å². The van der Waals surface area contributed by atoms with Crippen LogP contribution in [-0.4, -0.2) is 24.3 Å². The zero-order chi connectivity index (χ0) is 21.3. The molecule has 1 N–H and O–H groups in total. The smallest absolute Gasteiger partial charge is 0.345 e. The predicted octanol–water partition coefficient (Wildman–Crippen LogP) is 4.19. The minimum atomic E-state index is -1.17. The molecule has 6 heteroatoms. The first-order valence-corrected chi connectivity index (χ1v) is 9.37. The van der Waals surface area contributed by atoms with E-state index in [1.54, 1.807) is 78.9 Å². The minimum Gasteiger partial charge on any atom is -0.482 e. The van der Waals surface area contributed by atoms with E-state index in [1.807, 2.05) is 6.07 Å². The molecule has 0 aliphatic carbocycles. The minimum absolute atomic E-state index is 0.116. The maximum atomic E-state index is 12.9. The van der Waals surface area contributed by atoms with Crippen molar-refractivity contribution in [2.75, 3.05) is 11.9 Å². The molecule has 3 rings (SSSR count). The van der Waals surface area contributed by atoms with E-state index in [1.165, 1.54) is 6.92 Å². The van der Waals surface area contributed by atoms with E-state index in [4.69, 9.17) is 9.47 Å². The average Bonchev–Trinajstić information content (AvgIpc) is 2.77. The fourth-order valence-corrected chi connectivity index (χ4v) is 2.75. The average molecular weight is 403 g/mol. The molecule has 0 saturated carbocycles. The van der Waals surface area contributed by atoms with Crippen LogP contribution in [0.25, 0.3) is 0 Å². The Labute approximate surface area is 174 Å². The molecule has 1 atom stereocenters. The molecule has 0 unspecified atom stereocenters. The maximum Gasteiger partial charge on any atom is 0.345 e. The van der Waals surface area contributed by atoms with Gasteiger partial charge in [0.25, 0.3) is 5.91 Å². The van der Waals surface area contributed by atoms with Gasteiger partial charge in [-0.15, -0.1) is 0 Å². The molecule has 30 heavy (non-hydrogen) atoms. The van der Waals surface area contributed by atoms with Crippen LogP contribution in [0.3, 0.4) is 0 Å². The first-order valence-electron chi connectivity index (χ1n) is 9.37. The second kappa shape index (κ2) is 10.0. The number of hydrogen-bond acceptors (Lipinski definition) is 5. The molecule has 0 radical (unpaired) electrons. The lowest BCUT2D eigenvalue weighted by atomic mass is 10.1. The number of rotatable bonds is 8. The van der Waals surface area contributed by atoms with Crippen LogP contribution in [0, 0.1) is 0 Å². The predicted molar refractivity (Wildman–Crippen MR) is 112 cm³/mol. The summed E-state index contributed by atoms with van der Waals surface area (Å²) in [5, 5.41) is 2.71.